The topological polar surface area (TPSA) is 63.2 Å². The van der Waals surface area contributed by atoms with E-state index >= 15 is 0 Å². The molecule has 88 valence electrons. The molecule has 0 atom stereocenters. The predicted molar refractivity (Wildman–Crippen MR) is 67.2 cm³/mol. The Balaban J connectivity index is 2.78. The summed E-state index contributed by atoms with van der Waals surface area (Å²) in [6.45, 7) is 1.83. The highest BCUT2D eigenvalue weighted by Gasteiger charge is 2.11. The zero-order chi connectivity index (χ0) is 12.3. The van der Waals surface area contributed by atoms with Crippen LogP contribution in [-0.2, 0) is 14.6 Å². The Bertz CT molecular complexity index is 511. The van der Waals surface area contributed by atoms with E-state index in [0.29, 0.717) is 5.69 Å². The van der Waals surface area contributed by atoms with Gasteiger partial charge in [-0.05, 0) is 30.7 Å². The predicted octanol–water partition coefficient (Wildman–Crippen LogP) is 1.74. The van der Waals surface area contributed by atoms with Crippen LogP contribution >= 0.6 is 15.9 Å². The van der Waals surface area contributed by atoms with Gasteiger partial charge in [-0.25, -0.2) is 8.42 Å². The first-order valence-electron chi connectivity index (χ1n) is 4.51. The summed E-state index contributed by atoms with van der Waals surface area (Å²) in [4.78, 5) is 11.4. The molecule has 6 heteroatoms. The minimum Gasteiger partial charge on any atom is -0.325 e. The lowest BCUT2D eigenvalue weighted by Crippen LogP contribution is -2.22. The van der Waals surface area contributed by atoms with Crippen molar-refractivity contribution in [2.45, 2.75) is 6.92 Å². The normalized spacial score (nSPS) is 11.2. The van der Waals surface area contributed by atoms with Crippen molar-refractivity contribution in [2.75, 3.05) is 17.3 Å². The summed E-state index contributed by atoms with van der Waals surface area (Å²) in [6.07, 6.45) is 1.03. The Labute approximate surface area is 103 Å². The Kier molecular flexibility index (Phi) is 4.09. The zero-order valence-corrected chi connectivity index (χ0v) is 11.4. The van der Waals surface area contributed by atoms with Gasteiger partial charge < -0.3 is 5.32 Å². The number of carbonyl (C=O) groups excluding carboxylic acids is 1. The molecular formula is C10H12BrNO3S. The van der Waals surface area contributed by atoms with Crippen LogP contribution in [0.5, 0.6) is 0 Å². The molecule has 0 bridgehead atoms. The van der Waals surface area contributed by atoms with Crippen LogP contribution < -0.4 is 5.32 Å². The van der Waals surface area contributed by atoms with Gasteiger partial charge in [0.2, 0.25) is 5.91 Å². The van der Waals surface area contributed by atoms with Crippen molar-refractivity contribution in [1.82, 2.24) is 0 Å². The van der Waals surface area contributed by atoms with E-state index in [2.05, 4.69) is 21.2 Å². The lowest BCUT2D eigenvalue weighted by atomic mass is 10.2. The average Bonchev–Trinajstić information content (AvgIpc) is 2.06. The van der Waals surface area contributed by atoms with Crippen LogP contribution in [-0.4, -0.2) is 26.3 Å². The first-order chi connectivity index (χ1) is 7.28. The van der Waals surface area contributed by atoms with Crippen LogP contribution in [0.3, 0.4) is 0 Å². The number of amides is 1. The molecule has 1 aromatic rings. The summed E-state index contributed by atoms with van der Waals surface area (Å²) < 4.78 is 22.7. The summed E-state index contributed by atoms with van der Waals surface area (Å²) in [7, 11) is -3.29. The molecular weight excluding hydrogens is 294 g/mol. The molecule has 0 aliphatic heterocycles. The van der Waals surface area contributed by atoms with E-state index in [0.717, 1.165) is 16.3 Å². The van der Waals surface area contributed by atoms with Crippen LogP contribution in [0.4, 0.5) is 5.69 Å². The smallest absolute Gasteiger partial charge is 0.239 e. The standard InChI is InChI=1S/C10H12BrNO3S/c1-7-5-8(11)3-4-9(7)12-10(13)6-16(2,14)15/h3-5H,6H2,1-2H3,(H,12,13). The van der Waals surface area contributed by atoms with Crippen molar-refractivity contribution < 1.29 is 13.2 Å². The lowest BCUT2D eigenvalue weighted by Gasteiger charge is -2.07. The van der Waals surface area contributed by atoms with E-state index in [1.165, 1.54) is 0 Å². The Morgan fingerprint density at radius 3 is 2.56 bits per heavy atom. The van der Waals surface area contributed by atoms with Gasteiger partial charge in [-0.3, -0.25) is 4.79 Å². The maximum atomic E-state index is 11.4. The van der Waals surface area contributed by atoms with Crippen molar-refractivity contribution in [3.05, 3.63) is 28.2 Å². The van der Waals surface area contributed by atoms with E-state index in [-0.39, 0.29) is 0 Å². The zero-order valence-electron chi connectivity index (χ0n) is 8.95. The molecule has 0 saturated heterocycles. The molecule has 0 aliphatic carbocycles. The lowest BCUT2D eigenvalue weighted by molar-refractivity contribution is -0.113. The molecule has 1 N–H and O–H groups in total. The molecule has 0 aliphatic rings. The van der Waals surface area contributed by atoms with Crippen LogP contribution in [0.2, 0.25) is 0 Å². The fourth-order valence-electron chi connectivity index (χ4n) is 1.19. The first-order valence-corrected chi connectivity index (χ1v) is 7.37. The van der Waals surface area contributed by atoms with E-state index in [1.54, 1.807) is 12.1 Å². The van der Waals surface area contributed by atoms with Crippen molar-refractivity contribution in [1.29, 1.82) is 0 Å². The minimum atomic E-state index is -3.29. The van der Waals surface area contributed by atoms with Gasteiger partial charge in [0.15, 0.2) is 9.84 Å². The number of hydrogen-bond acceptors (Lipinski definition) is 3. The molecule has 0 spiro atoms. The minimum absolute atomic E-state index is 0.498. The highest BCUT2D eigenvalue weighted by molar-refractivity contribution is 9.10. The number of nitrogens with one attached hydrogen (secondary N) is 1. The number of hydrogen-bond donors (Lipinski definition) is 1. The number of anilines is 1. The van der Waals surface area contributed by atoms with Crippen molar-refractivity contribution in [3.63, 3.8) is 0 Å². The van der Waals surface area contributed by atoms with E-state index in [9.17, 15) is 13.2 Å². The maximum absolute atomic E-state index is 11.4. The van der Waals surface area contributed by atoms with Crippen LogP contribution in [0, 0.1) is 6.92 Å². The molecule has 1 rings (SSSR count). The highest BCUT2D eigenvalue weighted by atomic mass is 79.9. The number of benzene rings is 1. The van der Waals surface area contributed by atoms with E-state index in [4.69, 9.17) is 0 Å². The molecule has 1 aromatic carbocycles. The summed E-state index contributed by atoms with van der Waals surface area (Å²) in [5, 5.41) is 2.56. The number of aryl methyl sites for hydroxylation is 1. The fourth-order valence-corrected chi connectivity index (χ4v) is 2.22. The second-order valence-electron chi connectivity index (χ2n) is 3.58. The van der Waals surface area contributed by atoms with Gasteiger partial charge in [-0.15, -0.1) is 0 Å². The van der Waals surface area contributed by atoms with E-state index in [1.807, 2.05) is 13.0 Å². The third-order valence-electron chi connectivity index (χ3n) is 1.86. The van der Waals surface area contributed by atoms with Gasteiger partial charge in [0.1, 0.15) is 5.75 Å². The SMILES string of the molecule is Cc1cc(Br)ccc1NC(=O)CS(C)(=O)=O. The van der Waals surface area contributed by atoms with E-state index < -0.39 is 21.5 Å². The second kappa shape index (κ2) is 4.97. The third-order valence-corrected chi connectivity index (χ3v) is 3.14. The number of sulfone groups is 1. The van der Waals surface area contributed by atoms with Gasteiger partial charge in [-0.2, -0.15) is 0 Å². The Hall–Kier alpha value is -0.880. The van der Waals surface area contributed by atoms with Crippen molar-refractivity contribution >= 4 is 37.4 Å². The molecule has 0 fully saturated rings. The van der Waals surface area contributed by atoms with Crippen LogP contribution in [0.25, 0.3) is 0 Å². The van der Waals surface area contributed by atoms with Crippen molar-refractivity contribution in [3.8, 4) is 0 Å². The molecule has 0 aromatic heterocycles. The monoisotopic (exact) mass is 305 g/mol. The van der Waals surface area contributed by atoms with Crippen LogP contribution in [0.1, 0.15) is 5.56 Å². The van der Waals surface area contributed by atoms with Crippen LogP contribution in [0.15, 0.2) is 22.7 Å². The van der Waals surface area contributed by atoms with Gasteiger partial charge in [0.25, 0.3) is 0 Å². The molecule has 4 nitrogen and oxygen atoms in total. The summed E-state index contributed by atoms with van der Waals surface area (Å²) in [5.41, 5.74) is 1.49. The molecule has 0 unspecified atom stereocenters. The number of rotatable bonds is 3. The fraction of sp³-hybridized carbons (Fsp3) is 0.300. The molecule has 0 heterocycles. The average molecular weight is 306 g/mol. The molecule has 0 radical (unpaired) electrons. The largest absolute Gasteiger partial charge is 0.325 e. The highest BCUT2D eigenvalue weighted by Crippen LogP contribution is 2.19. The van der Waals surface area contributed by atoms with Crippen molar-refractivity contribution in [2.24, 2.45) is 0 Å². The second-order valence-corrected chi connectivity index (χ2v) is 6.63. The first kappa shape index (κ1) is 13.2. The summed E-state index contributed by atoms with van der Waals surface area (Å²) in [6, 6.07) is 5.35. The number of carbonyl (C=O) groups is 1. The molecule has 1 amide bonds. The quantitative estimate of drug-likeness (QED) is 0.925. The number of halogens is 1. The molecule has 16 heavy (non-hydrogen) atoms. The summed E-state index contributed by atoms with van der Waals surface area (Å²) >= 11 is 3.30. The van der Waals surface area contributed by atoms with Gasteiger partial charge >= 0.3 is 0 Å². The summed E-state index contributed by atoms with van der Waals surface area (Å²) in [5.74, 6) is -1.02. The Morgan fingerprint density at radius 1 is 1.44 bits per heavy atom. The third kappa shape index (κ3) is 4.32. The van der Waals surface area contributed by atoms with Gasteiger partial charge in [-0.1, -0.05) is 15.9 Å². The van der Waals surface area contributed by atoms with Gasteiger partial charge in [0, 0.05) is 16.4 Å². The maximum Gasteiger partial charge on any atom is 0.239 e. The Morgan fingerprint density at radius 2 is 2.06 bits per heavy atom. The molecule has 0 saturated carbocycles. The van der Waals surface area contributed by atoms with Gasteiger partial charge in [0.05, 0.1) is 0 Å².